The van der Waals surface area contributed by atoms with Crippen molar-refractivity contribution in [2.45, 2.75) is 7.43 Å². The molecule has 0 amide bonds. The van der Waals surface area contributed by atoms with Crippen LogP contribution in [0.3, 0.4) is 0 Å². The van der Waals surface area contributed by atoms with Crippen molar-refractivity contribution in [1.82, 2.24) is 0 Å². The molecule has 0 unspecified atom stereocenters. The number of rotatable bonds is 4. The number of benzene rings is 12. The van der Waals surface area contributed by atoms with E-state index in [1.807, 2.05) is 12.1 Å². The second-order valence-electron chi connectivity index (χ2n) is 17.1. The van der Waals surface area contributed by atoms with Crippen LogP contribution in [0.2, 0.25) is 0 Å². The fourth-order valence-corrected chi connectivity index (χ4v) is 10.6. The minimum atomic E-state index is 0. The summed E-state index contributed by atoms with van der Waals surface area (Å²) in [6.45, 7) is 0. The standard InChI is InChI=1S/C62H36O2.CH4/c1-2-13-38-32-40(25-24-37(38)12-1)39-14-11-15-43(33-39)59-49-19-5-7-21-51(49)60(52-22-8-6-20-50(52)59)53-29-28-45(46-16-3-4-17-47(46)53)42-27-26-41-36-58-56(35-44(41)34-42)55-31-30-54-48-18-9-10-23-57(48)63-61(54)62(55)64-58;/h1-36H;1H4. The van der Waals surface area contributed by atoms with E-state index in [1.165, 1.54) is 93.0 Å². The molecule has 2 aromatic heterocycles. The van der Waals surface area contributed by atoms with Gasteiger partial charge in [-0.2, -0.15) is 0 Å². The highest BCUT2D eigenvalue weighted by atomic mass is 16.4. The Kier molecular flexibility index (Phi) is 8.16. The second-order valence-corrected chi connectivity index (χ2v) is 17.1. The Morgan fingerprint density at radius 3 is 1.49 bits per heavy atom. The number of fused-ring (bicyclic) bond motifs is 12. The maximum Gasteiger partial charge on any atom is 0.178 e. The van der Waals surface area contributed by atoms with Gasteiger partial charge in [0.1, 0.15) is 11.2 Å². The molecule has 65 heavy (non-hydrogen) atoms. The minimum Gasteiger partial charge on any atom is -0.452 e. The van der Waals surface area contributed by atoms with E-state index in [2.05, 4.69) is 206 Å². The maximum atomic E-state index is 6.57. The van der Waals surface area contributed by atoms with Crippen LogP contribution >= 0.6 is 0 Å². The van der Waals surface area contributed by atoms with Gasteiger partial charge in [0.25, 0.3) is 0 Å². The SMILES string of the molecule is C.c1cc(-c2ccc3ccccc3c2)cc(-c2c3ccccc3c(-c3ccc(-c4ccc5cc6oc7c(ccc8c9ccccc9oc87)c6cc5c4)c4ccccc34)c3ccccc23)c1. The van der Waals surface area contributed by atoms with Crippen LogP contribution in [0.5, 0.6) is 0 Å². The van der Waals surface area contributed by atoms with Gasteiger partial charge in [-0.1, -0.05) is 177 Å². The maximum absolute atomic E-state index is 6.57. The van der Waals surface area contributed by atoms with E-state index < -0.39 is 0 Å². The van der Waals surface area contributed by atoms with Gasteiger partial charge in [-0.05, 0) is 147 Å². The predicted molar refractivity (Wildman–Crippen MR) is 277 cm³/mol. The topological polar surface area (TPSA) is 26.3 Å². The first kappa shape index (κ1) is 37.1. The Morgan fingerprint density at radius 2 is 0.738 bits per heavy atom. The largest absolute Gasteiger partial charge is 0.452 e. The summed E-state index contributed by atoms with van der Waals surface area (Å²) in [4.78, 5) is 0. The third-order valence-electron chi connectivity index (χ3n) is 13.6. The van der Waals surface area contributed by atoms with Gasteiger partial charge in [0.15, 0.2) is 11.2 Å². The van der Waals surface area contributed by atoms with Gasteiger partial charge in [0.05, 0.1) is 0 Å². The average molecular weight is 829 g/mol. The summed E-state index contributed by atoms with van der Waals surface area (Å²) in [6, 6.07) is 79.7. The molecule has 0 atom stereocenters. The normalized spacial score (nSPS) is 11.9. The molecule has 0 fully saturated rings. The van der Waals surface area contributed by atoms with Crippen LogP contribution in [0.15, 0.2) is 227 Å². The average Bonchev–Trinajstić information content (AvgIpc) is 3.92. The van der Waals surface area contributed by atoms with Gasteiger partial charge in [-0.15, -0.1) is 0 Å². The lowest BCUT2D eigenvalue weighted by atomic mass is 9.83. The van der Waals surface area contributed by atoms with Crippen molar-refractivity contribution >= 4 is 97.7 Å². The fourth-order valence-electron chi connectivity index (χ4n) is 10.6. The van der Waals surface area contributed by atoms with Crippen LogP contribution < -0.4 is 0 Å². The molecule has 2 heterocycles. The number of furan rings is 2. The second kappa shape index (κ2) is 14.3. The van der Waals surface area contributed by atoms with Gasteiger partial charge >= 0.3 is 0 Å². The number of hydrogen-bond acceptors (Lipinski definition) is 2. The predicted octanol–water partition coefficient (Wildman–Crippen LogP) is 18.6. The molecule has 304 valence electrons. The van der Waals surface area contributed by atoms with Gasteiger partial charge in [-0.25, -0.2) is 0 Å². The van der Waals surface area contributed by atoms with E-state index in [9.17, 15) is 0 Å². The Balaban J connectivity index is 0.00000423. The molecule has 0 radical (unpaired) electrons. The van der Waals surface area contributed by atoms with Gasteiger partial charge in [0, 0.05) is 21.5 Å². The first-order valence-electron chi connectivity index (χ1n) is 22.0. The molecule has 0 spiro atoms. The van der Waals surface area contributed by atoms with Crippen LogP contribution in [0, 0.1) is 0 Å². The number of para-hydroxylation sites is 1. The van der Waals surface area contributed by atoms with E-state index in [0.717, 1.165) is 49.3 Å². The van der Waals surface area contributed by atoms with Crippen molar-refractivity contribution in [2.75, 3.05) is 0 Å². The van der Waals surface area contributed by atoms with E-state index in [0.29, 0.717) is 0 Å². The summed E-state index contributed by atoms with van der Waals surface area (Å²) in [5.74, 6) is 0. The minimum absolute atomic E-state index is 0. The van der Waals surface area contributed by atoms with Gasteiger partial charge < -0.3 is 8.83 Å². The van der Waals surface area contributed by atoms with Crippen LogP contribution in [-0.2, 0) is 0 Å². The van der Waals surface area contributed by atoms with Gasteiger partial charge in [0.2, 0.25) is 0 Å². The van der Waals surface area contributed by atoms with Crippen molar-refractivity contribution in [1.29, 1.82) is 0 Å². The zero-order chi connectivity index (χ0) is 41.9. The molecular weight excluding hydrogens is 789 g/mol. The highest BCUT2D eigenvalue weighted by Crippen LogP contribution is 2.47. The zero-order valence-electron chi connectivity index (χ0n) is 34.6. The first-order chi connectivity index (χ1) is 31.7. The Labute approximate surface area is 375 Å². The molecule has 0 bridgehead atoms. The molecule has 0 saturated carbocycles. The fraction of sp³-hybridized carbons (Fsp3) is 0.0159. The van der Waals surface area contributed by atoms with Crippen molar-refractivity contribution < 1.29 is 8.83 Å². The molecule has 2 nitrogen and oxygen atoms in total. The van der Waals surface area contributed by atoms with Crippen molar-refractivity contribution in [3.63, 3.8) is 0 Å². The third-order valence-corrected chi connectivity index (χ3v) is 13.6. The van der Waals surface area contributed by atoms with E-state index in [1.54, 1.807) is 0 Å². The molecule has 0 aliphatic carbocycles. The molecular formula is C63H40O2. The summed E-state index contributed by atoms with van der Waals surface area (Å²) < 4.78 is 12.9. The summed E-state index contributed by atoms with van der Waals surface area (Å²) in [5, 5.41) is 16.6. The van der Waals surface area contributed by atoms with E-state index in [-0.39, 0.29) is 7.43 Å². The summed E-state index contributed by atoms with van der Waals surface area (Å²) in [5.41, 5.74) is 13.1. The van der Waals surface area contributed by atoms with E-state index in [4.69, 9.17) is 8.83 Å². The zero-order valence-corrected chi connectivity index (χ0v) is 34.6. The Morgan fingerprint density at radius 1 is 0.231 bits per heavy atom. The van der Waals surface area contributed by atoms with Crippen molar-refractivity contribution in [2.24, 2.45) is 0 Å². The lowest BCUT2D eigenvalue weighted by Gasteiger charge is -2.20. The van der Waals surface area contributed by atoms with Gasteiger partial charge in [-0.3, -0.25) is 0 Å². The molecule has 0 saturated heterocycles. The lowest BCUT2D eigenvalue weighted by molar-refractivity contribution is 0.633. The highest BCUT2D eigenvalue weighted by Gasteiger charge is 2.21. The molecule has 0 N–H and O–H groups in total. The molecule has 2 heteroatoms. The van der Waals surface area contributed by atoms with Crippen LogP contribution in [0.1, 0.15) is 7.43 Å². The molecule has 14 aromatic rings. The van der Waals surface area contributed by atoms with Crippen molar-refractivity contribution in [3.05, 3.63) is 218 Å². The van der Waals surface area contributed by atoms with Crippen LogP contribution in [-0.4, -0.2) is 0 Å². The Bertz CT molecular complexity index is 4200. The van der Waals surface area contributed by atoms with Crippen LogP contribution in [0.4, 0.5) is 0 Å². The smallest absolute Gasteiger partial charge is 0.178 e. The third kappa shape index (κ3) is 5.60. The number of hydrogen-bond donors (Lipinski definition) is 0. The monoisotopic (exact) mass is 828 g/mol. The van der Waals surface area contributed by atoms with Crippen LogP contribution in [0.25, 0.3) is 142 Å². The summed E-state index contributed by atoms with van der Waals surface area (Å²) in [6.07, 6.45) is 0. The summed E-state index contributed by atoms with van der Waals surface area (Å²) in [7, 11) is 0. The first-order valence-corrected chi connectivity index (χ1v) is 22.0. The molecule has 14 rings (SSSR count). The lowest BCUT2D eigenvalue weighted by Crippen LogP contribution is -1.93. The quantitative estimate of drug-likeness (QED) is 0.165. The summed E-state index contributed by atoms with van der Waals surface area (Å²) >= 11 is 0. The molecule has 0 aliphatic rings. The van der Waals surface area contributed by atoms with Crippen molar-refractivity contribution in [3.8, 4) is 44.5 Å². The van der Waals surface area contributed by atoms with E-state index >= 15 is 0 Å². The molecule has 12 aromatic carbocycles. The molecule has 0 aliphatic heterocycles. The Hall–Kier alpha value is -8.46. The highest BCUT2D eigenvalue weighted by molar-refractivity contribution is 6.25.